The number of amidine groups is 1. The lowest BCUT2D eigenvalue weighted by molar-refractivity contribution is -0.138. The van der Waals surface area contributed by atoms with E-state index in [2.05, 4.69) is 30.4 Å². The quantitative estimate of drug-likeness (QED) is 0.563. The van der Waals surface area contributed by atoms with Gasteiger partial charge in [0.05, 0.1) is 22.2 Å². The predicted octanol–water partition coefficient (Wildman–Crippen LogP) is 6.07. The molecule has 0 fully saturated rings. The maximum absolute atomic E-state index is 12.6. The Kier molecular flexibility index (Phi) is 7.28. The molecule has 2 aromatic rings. The first-order valence-electron chi connectivity index (χ1n) is 9.25. The number of esters is 1. The zero-order valence-corrected chi connectivity index (χ0v) is 18.8. The van der Waals surface area contributed by atoms with Crippen molar-refractivity contribution in [3.8, 4) is 0 Å². The lowest BCUT2D eigenvalue weighted by Crippen LogP contribution is -2.30. The van der Waals surface area contributed by atoms with Crippen molar-refractivity contribution in [2.75, 3.05) is 6.61 Å². The second kappa shape index (κ2) is 9.70. The van der Waals surface area contributed by atoms with Gasteiger partial charge in [0.25, 0.3) is 0 Å². The van der Waals surface area contributed by atoms with Gasteiger partial charge in [-0.1, -0.05) is 76.9 Å². The summed E-state index contributed by atoms with van der Waals surface area (Å²) in [5.74, 6) is 0.343. The number of hydrogen-bond acceptors (Lipinski definition) is 5. The number of ether oxygens (including phenoxy) is 1. The van der Waals surface area contributed by atoms with Crippen molar-refractivity contribution in [2.45, 2.75) is 32.6 Å². The standard InChI is InChI=1S/C22H22Cl2N2O2S/c1-4-28-21(27)18-14(3)25-22(29-12-15-8-5-7-13(2)11-15)26-20(18)16-9-6-10-17(23)19(16)24/h5-11,20H,4,12H2,1-3H3,(H,25,26)/t20-/m0/s1. The molecule has 1 aliphatic rings. The summed E-state index contributed by atoms with van der Waals surface area (Å²) < 4.78 is 5.26. The van der Waals surface area contributed by atoms with E-state index in [1.54, 1.807) is 30.8 Å². The fourth-order valence-electron chi connectivity index (χ4n) is 3.10. The molecule has 4 nitrogen and oxygen atoms in total. The Balaban J connectivity index is 1.94. The van der Waals surface area contributed by atoms with Crippen molar-refractivity contribution < 1.29 is 9.53 Å². The second-order valence-electron chi connectivity index (χ2n) is 6.64. The fourth-order valence-corrected chi connectivity index (χ4v) is 4.40. The molecular weight excluding hydrogens is 427 g/mol. The van der Waals surface area contributed by atoms with Gasteiger partial charge in [0, 0.05) is 17.0 Å². The van der Waals surface area contributed by atoms with Gasteiger partial charge in [0.2, 0.25) is 0 Å². The van der Waals surface area contributed by atoms with Crippen LogP contribution in [-0.2, 0) is 15.3 Å². The average Bonchev–Trinajstić information content (AvgIpc) is 2.68. The first-order chi connectivity index (χ1) is 13.9. The van der Waals surface area contributed by atoms with Crippen LogP contribution >= 0.6 is 35.0 Å². The van der Waals surface area contributed by atoms with E-state index >= 15 is 0 Å². The smallest absolute Gasteiger partial charge is 0.338 e. The van der Waals surface area contributed by atoms with Crippen molar-refractivity contribution >= 4 is 46.1 Å². The molecule has 0 saturated carbocycles. The molecule has 1 heterocycles. The molecular formula is C22H22Cl2N2O2S. The second-order valence-corrected chi connectivity index (χ2v) is 8.39. The van der Waals surface area contributed by atoms with Crippen molar-refractivity contribution in [3.63, 3.8) is 0 Å². The normalized spacial score (nSPS) is 16.3. The number of thioether (sulfide) groups is 1. The predicted molar refractivity (Wildman–Crippen MR) is 122 cm³/mol. The topological polar surface area (TPSA) is 50.7 Å². The van der Waals surface area contributed by atoms with E-state index in [-0.39, 0.29) is 6.61 Å². The average molecular weight is 449 g/mol. The van der Waals surface area contributed by atoms with Crippen LogP contribution in [0.15, 0.2) is 58.7 Å². The molecule has 152 valence electrons. The molecule has 0 aliphatic carbocycles. The van der Waals surface area contributed by atoms with Gasteiger partial charge in [-0.25, -0.2) is 9.79 Å². The monoisotopic (exact) mass is 448 g/mol. The SMILES string of the molecule is CCOC(=O)C1=C(C)NC(SCc2cccc(C)c2)=N[C@H]1c1cccc(Cl)c1Cl. The Morgan fingerprint density at radius 3 is 2.69 bits per heavy atom. The molecule has 3 rings (SSSR count). The number of nitrogens with zero attached hydrogens (tertiary/aromatic N) is 1. The molecule has 0 unspecified atom stereocenters. The van der Waals surface area contributed by atoms with Crippen molar-refractivity contribution in [1.29, 1.82) is 0 Å². The number of allylic oxidation sites excluding steroid dienone is 1. The van der Waals surface area contributed by atoms with E-state index in [0.717, 1.165) is 10.9 Å². The van der Waals surface area contributed by atoms with Gasteiger partial charge < -0.3 is 10.1 Å². The van der Waals surface area contributed by atoms with Gasteiger partial charge in [-0.05, 0) is 32.4 Å². The molecule has 1 aliphatic heterocycles. The Morgan fingerprint density at radius 1 is 1.21 bits per heavy atom. The van der Waals surface area contributed by atoms with E-state index in [1.165, 1.54) is 11.1 Å². The molecule has 2 aromatic carbocycles. The molecule has 0 saturated heterocycles. The van der Waals surface area contributed by atoms with Crippen LogP contribution in [-0.4, -0.2) is 17.7 Å². The lowest BCUT2D eigenvalue weighted by atomic mass is 9.96. The minimum atomic E-state index is -0.582. The summed E-state index contributed by atoms with van der Waals surface area (Å²) in [5, 5.41) is 4.78. The van der Waals surface area contributed by atoms with Crippen LogP contribution in [0.5, 0.6) is 0 Å². The molecule has 0 bridgehead atoms. The van der Waals surface area contributed by atoms with Gasteiger partial charge in [-0.2, -0.15) is 0 Å². The molecule has 7 heteroatoms. The Labute approximate surface area is 185 Å². The molecule has 0 aromatic heterocycles. The number of hydrogen-bond donors (Lipinski definition) is 1. The first kappa shape index (κ1) is 21.8. The zero-order valence-electron chi connectivity index (χ0n) is 16.5. The third kappa shape index (κ3) is 5.16. The van der Waals surface area contributed by atoms with Gasteiger partial charge in [-0.15, -0.1) is 0 Å². The molecule has 1 N–H and O–H groups in total. The van der Waals surface area contributed by atoms with Crippen LogP contribution in [0.25, 0.3) is 0 Å². The lowest BCUT2D eigenvalue weighted by Gasteiger charge is -2.26. The zero-order chi connectivity index (χ0) is 21.0. The van der Waals surface area contributed by atoms with E-state index in [4.69, 9.17) is 32.9 Å². The van der Waals surface area contributed by atoms with Crippen LogP contribution in [0.2, 0.25) is 10.0 Å². The molecule has 0 radical (unpaired) electrons. The number of halogens is 2. The van der Waals surface area contributed by atoms with Crippen molar-refractivity contribution in [2.24, 2.45) is 4.99 Å². The number of carbonyl (C=O) groups excluding carboxylic acids is 1. The maximum atomic E-state index is 12.6. The fraction of sp³-hybridized carbons (Fsp3) is 0.273. The third-order valence-corrected chi connectivity index (χ3v) is 6.24. The Hall–Kier alpha value is -1.95. The summed E-state index contributed by atoms with van der Waals surface area (Å²) in [5.41, 5.74) is 4.24. The maximum Gasteiger partial charge on any atom is 0.338 e. The van der Waals surface area contributed by atoms with Gasteiger partial charge >= 0.3 is 5.97 Å². The minimum absolute atomic E-state index is 0.282. The van der Waals surface area contributed by atoms with E-state index in [0.29, 0.717) is 26.9 Å². The van der Waals surface area contributed by atoms with Crippen LogP contribution in [0.3, 0.4) is 0 Å². The molecule has 0 amide bonds. The third-order valence-electron chi connectivity index (χ3n) is 4.45. The van der Waals surface area contributed by atoms with Crippen LogP contribution in [0.4, 0.5) is 0 Å². The summed E-state index contributed by atoms with van der Waals surface area (Å²) in [7, 11) is 0. The number of rotatable bonds is 5. The summed E-state index contributed by atoms with van der Waals surface area (Å²) in [6.07, 6.45) is 0. The molecule has 29 heavy (non-hydrogen) atoms. The first-order valence-corrected chi connectivity index (χ1v) is 11.0. The highest BCUT2D eigenvalue weighted by Gasteiger charge is 2.32. The van der Waals surface area contributed by atoms with Crippen LogP contribution in [0.1, 0.15) is 36.6 Å². The Bertz CT molecular complexity index is 989. The highest BCUT2D eigenvalue weighted by molar-refractivity contribution is 8.13. The van der Waals surface area contributed by atoms with E-state index < -0.39 is 12.0 Å². The van der Waals surface area contributed by atoms with Gasteiger partial charge in [-0.3, -0.25) is 0 Å². The van der Waals surface area contributed by atoms with Crippen LogP contribution in [0, 0.1) is 6.92 Å². The highest BCUT2D eigenvalue weighted by Crippen LogP contribution is 2.39. The molecule has 0 spiro atoms. The largest absolute Gasteiger partial charge is 0.463 e. The van der Waals surface area contributed by atoms with Crippen molar-refractivity contribution in [1.82, 2.24) is 5.32 Å². The van der Waals surface area contributed by atoms with Gasteiger partial charge in [0.1, 0.15) is 6.04 Å². The summed E-state index contributed by atoms with van der Waals surface area (Å²) in [4.78, 5) is 17.4. The number of carbonyl (C=O) groups is 1. The molecule has 1 atom stereocenters. The number of nitrogens with one attached hydrogen (secondary N) is 1. The van der Waals surface area contributed by atoms with Gasteiger partial charge in [0.15, 0.2) is 5.17 Å². The number of aliphatic imine (C=N–C) groups is 1. The number of benzene rings is 2. The summed E-state index contributed by atoms with van der Waals surface area (Å²) in [6, 6.07) is 13.1. The summed E-state index contributed by atoms with van der Waals surface area (Å²) in [6.45, 7) is 5.97. The number of aryl methyl sites for hydroxylation is 1. The van der Waals surface area contributed by atoms with Crippen molar-refractivity contribution in [3.05, 3.63) is 80.5 Å². The summed E-state index contributed by atoms with van der Waals surface area (Å²) >= 11 is 14.2. The Morgan fingerprint density at radius 2 is 1.97 bits per heavy atom. The highest BCUT2D eigenvalue weighted by atomic mass is 35.5. The van der Waals surface area contributed by atoms with E-state index in [9.17, 15) is 4.79 Å². The van der Waals surface area contributed by atoms with Crippen LogP contribution < -0.4 is 5.32 Å². The van der Waals surface area contributed by atoms with E-state index in [1.807, 2.05) is 19.1 Å². The minimum Gasteiger partial charge on any atom is -0.463 e.